The molecular weight excluding hydrogens is 226 g/mol. The Morgan fingerprint density at radius 3 is 2.31 bits per heavy atom. The summed E-state index contributed by atoms with van der Waals surface area (Å²) in [7, 11) is -3.40. The van der Waals surface area contributed by atoms with Gasteiger partial charge in [-0.1, -0.05) is 26.7 Å². The first-order valence-electron chi connectivity index (χ1n) is 5.91. The monoisotopic (exact) mass is 249 g/mol. The molecule has 0 aliphatic heterocycles. The average molecular weight is 249 g/mol. The van der Waals surface area contributed by atoms with Crippen molar-refractivity contribution in [2.75, 3.05) is 19.0 Å². The molecule has 0 unspecified atom stereocenters. The van der Waals surface area contributed by atoms with E-state index >= 15 is 0 Å². The molecule has 16 heavy (non-hydrogen) atoms. The zero-order valence-electron chi connectivity index (χ0n) is 10.2. The van der Waals surface area contributed by atoms with E-state index < -0.39 is 10.0 Å². The Morgan fingerprint density at radius 1 is 1.31 bits per heavy atom. The largest absolute Gasteiger partial charge is 0.381 e. The Bertz CT molecular complexity index is 305. The third kappa shape index (κ3) is 4.80. The Morgan fingerprint density at radius 2 is 1.88 bits per heavy atom. The maximum atomic E-state index is 11.2. The van der Waals surface area contributed by atoms with Crippen LogP contribution in [0.5, 0.6) is 0 Å². The van der Waals surface area contributed by atoms with Crippen molar-refractivity contribution in [1.82, 2.24) is 0 Å². The van der Waals surface area contributed by atoms with Crippen molar-refractivity contribution in [1.29, 1.82) is 0 Å². The molecule has 1 aliphatic carbocycles. The molecular formula is C11H23NO3S. The fraction of sp³-hybridized carbons (Fsp3) is 1.00. The van der Waals surface area contributed by atoms with E-state index in [0.717, 1.165) is 25.7 Å². The van der Waals surface area contributed by atoms with Crippen LogP contribution in [-0.2, 0) is 14.8 Å². The molecule has 4 nitrogen and oxygen atoms in total. The van der Waals surface area contributed by atoms with Gasteiger partial charge in [-0.05, 0) is 18.8 Å². The lowest BCUT2D eigenvalue weighted by atomic mass is 9.90. The molecule has 0 aromatic carbocycles. The summed E-state index contributed by atoms with van der Waals surface area (Å²) in [5.74, 6) is 0.547. The van der Waals surface area contributed by atoms with Crippen LogP contribution in [0.4, 0.5) is 0 Å². The van der Waals surface area contributed by atoms with Crippen LogP contribution in [0.2, 0.25) is 0 Å². The SMILES string of the molecule is CC(C)COCC1(CS(N)(=O)=O)CCCC1. The predicted molar refractivity (Wildman–Crippen MR) is 64.5 cm³/mol. The second-order valence-corrected chi connectivity index (χ2v) is 7.04. The van der Waals surface area contributed by atoms with Gasteiger partial charge in [0.15, 0.2) is 0 Å². The fourth-order valence-corrected chi connectivity index (χ4v) is 3.62. The molecule has 0 amide bonds. The van der Waals surface area contributed by atoms with E-state index in [2.05, 4.69) is 13.8 Å². The normalized spacial score (nSPS) is 20.5. The van der Waals surface area contributed by atoms with Crippen molar-refractivity contribution in [3.8, 4) is 0 Å². The van der Waals surface area contributed by atoms with Crippen molar-refractivity contribution >= 4 is 10.0 Å². The number of primary sulfonamides is 1. The number of nitrogens with two attached hydrogens (primary N) is 1. The van der Waals surface area contributed by atoms with Crippen molar-refractivity contribution in [3.63, 3.8) is 0 Å². The molecule has 0 aromatic heterocycles. The minimum absolute atomic E-state index is 0.0676. The van der Waals surface area contributed by atoms with Gasteiger partial charge in [0.25, 0.3) is 0 Å². The highest BCUT2D eigenvalue weighted by Crippen LogP contribution is 2.39. The number of hydrogen-bond acceptors (Lipinski definition) is 3. The van der Waals surface area contributed by atoms with Crippen molar-refractivity contribution < 1.29 is 13.2 Å². The molecule has 0 heterocycles. The fourth-order valence-electron chi connectivity index (χ4n) is 2.39. The van der Waals surface area contributed by atoms with Crippen LogP contribution in [0, 0.1) is 11.3 Å². The van der Waals surface area contributed by atoms with Crippen LogP contribution in [0.25, 0.3) is 0 Å². The third-order valence-electron chi connectivity index (χ3n) is 3.03. The molecule has 1 saturated carbocycles. The quantitative estimate of drug-likeness (QED) is 0.775. The first kappa shape index (κ1) is 13.9. The molecule has 0 bridgehead atoms. The zero-order valence-corrected chi connectivity index (χ0v) is 11.1. The van der Waals surface area contributed by atoms with Gasteiger partial charge >= 0.3 is 0 Å². The van der Waals surface area contributed by atoms with Crippen molar-refractivity contribution in [2.24, 2.45) is 16.5 Å². The van der Waals surface area contributed by atoms with Crippen molar-refractivity contribution in [2.45, 2.75) is 39.5 Å². The predicted octanol–water partition coefficient (Wildman–Crippen LogP) is 1.51. The van der Waals surface area contributed by atoms with E-state index in [4.69, 9.17) is 9.88 Å². The maximum Gasteiger partial charge on any atom is 0.209 e. The maximum absolute atomic E-state index is 11.2. The Kier molecular flexibility index (Phi) is 4.76. The van der Waals surface area contributed by atoms with Gasteiger partial charge in [-0.2, -0.15) is 0 Å². The summed E-state index contributed by atoms with van der Waals surface area (Å²) in [4.78, 5) is 0. The lowest BCUT2D eigenvalue weighted by Crippen LogP contribution is -2.35. The molecule has 0 radical (unpaired) electrons. The highest BCUT2D eigenvalue weighted by Gasteiger charge is 2.37. The lowest BCUT2D eigenvalue weighted by molar-refractivity contribution is 0.0429. The van der Waals surface area contributed by atoms with Gasteiger partial charge in [-0.15, -0.1) is 0 Å². The van der Waals surface area contributed by atoms with Gasteiger partial charge in [0.05, 0.1) is 12.4 Å². The number of hydrogen-bond donors (Lipinski definition) is 1. The molecule has 0 aromatic rings. The standard InChI is InChI=1S/C11H23NO3S/c1-10(2)7-15-8-11(5-3-4-6-11)9-16(12,13)14/h10H,3-9H2,1-2H3,(H2,12,13,14). The molecule has 1 aliphatic rings. The minimum Gasteiger partial charge on any atom is -0.381 e. The van der Waals surface area contributed by atoms with Gasteiger partial charge in [0.1, 0.15) is 0 Å². The highest BCUT2D eigenvalue weighted by molar-refractivity contribution is 7.89. The Balaban J connectivity index is 2.52. The van der Waals surface area contributed by atoms with Gasteiger partial charge in [-0.3, -0.25) is 0 Å². The van der Waals surface area contributed by atoms with E-state index in [1.54, 1.807) is 0 Å². The van der Waals surface area contributed by atoms with Crippen LogP contribution >= 0.6 is 0 Å². The summed E-state index contributed by atoms with van der Waals surface area (Å²) in [5, 5.41) is 5.15. The van der Waals surface area contributed by atoms with Gasteiger partial charge in [-0.25, -0.2) is 13.6 Å². The molecule has 2 N–H and O–H groups in total. The van der Waals surface area contributed by atoms with Gasteiger partial charge in [0.2, 0.25) is 10.0 Å². The van der Waals surface area contributed by atoms with Crippen LogP contribution in [0.1, 0.15) is 39.5 Å². The summed E-state index contributed by atoms with van der Waals surface area (Å²) in [6.45, 7) is 5.38. The van der Waals surface area contributed by atoms with Crippen LogP contribution in [-0.4, -0.2) is 27.4 Å². The Labute approximate surface area is 98.6 Å². The molecule has 1 fully saturated rings. The zero-order chi connectivity index (χ0) is 12.2. The summed E-state index contributed by atoms with van der Waals surface area (Å²) in [5.41, 5.74) is -0.220. The third-order valence-corrected chi connectivity index (χ3v) is 4.05. The first-order valence-corrected chi connectivity index (χ1v) is 7.63. The van der Waals surface area contributed by atoms with E-state index in [0.29, 0.717) is 19.1 Å². The second kappa shape index (κ2) is 5.47. The van der Waals surface area contributed by atoms with Gasteiger partial charge < -0.3 is 4.74 Å². The van der Waals surface area contributed by atoms with Crippen LogP contribution in [0.15, 0.2) is 0 Å². The smallest absolute Gasteiger partial charge is 0.209 e. The van der Waals surface area contributed by atoms with Crippen LogP contribution in [0.3, 0.4) is 0 Å². The van der Waals surface area contributed by atoms with E-state index in [-0.39, 0.29) is 11.2 Å². The first-order chi connectivity index (χ1) is 7.33. The lowest BCUT2D eigenvalue weighted by Gasteiger charge is -2.27. The highest BCUT2D eigenvalue weighted by atomic mass is 32.2. The van der Waals surface area contributed by atoms with E-state index in [1.807, 2.05) is 0 Å². The summed E-state index contributed by atoms with van der Waals surface area (Å²) >= 11 is 0. The molecule has 1 rings (SSSR count). The summed E-state index contributed by atoms with van der Waals surface area (Å²) < 4.78 is 28.0. The number of sulfonamides is 1. The van der Waals surface area contributed by atoms with Crippen LogP contribution < -0.4 is 5.14 Å². The van der Waals surface area contributed by atoms with E-state index in [9.17, 15) is 8.42 Å². The molecule has 0 atom stereocenters. The molecule has 5 heteroatoms. The summed E-state index contributed by atoms with van der Waals surface area (Å²) in [6, 6.07) is 0. The average Bonchev–Trinajstić information content (AvgIpc) is 2.49. The van der Waals surface area contributed by atoms with Gasteiger partial charge in [0, 0.05) is 12.0 Å². The molecule has 0 spiro atoms. The topological polar surface area (TPSA) is 69.4 Å². The molecule has 96 valence electrons. The Hall–Kier alpha value is -0.130. The summed E-state index contributed by atoms with van der Waals surface area (Å²) in [6.07, 6.45) is 4.00. The number of rotatable bonds is 6. The van der Waals surface area contributed by atoms with E-state index in [1.165, 1.54) is 0 Å². The molecule has 0 saturated heterocycles. The second-order valence-electron chi connectivity index (χ2n) is 5.42. The number of ether oxygens (including phenoxy) is 1. The minimum atomic E-state index is -3.40. The van der Waals surface area contributed by atoms with Crippen molar-refractivity contribution in [3.05, 3.63) is 0 Å².